The summed E-state index contributed by atoms with van der Waals surface area (Å²) in [6.07, 6.45) is 2.29. The molecule has 150 valence electrons. The highest BCUT2D eigenvalue weighted by atomic mass is 19.4. The molecule has 0 bridgehead atoms. The number of hydrogen-bond acceptors (Lipinski definition) is 3. The van der Waals surface area contributed by atoms with E-state index in [0.717, 1.165) is 24.3 Å². The number of H-pyrrole nitrogens is 1. The fourth-order valence-corrected chi connectivity index (χ4v) is 3.96. The molecule has 0 saturated carbocycles. The van der Waals surface area contributed by atoms with E-state index in [4.69, 9.17) is 0 Å². The van der Waals surface area contributed by atoms with E-state index in [2.05, 4.69) is 22.1 Å². The van der Waals surface area contributed by atoms with E-state index in [-0.39, 0.29) is 11.2 Å². The first-order chi connectivity index (χ1) is 12.9. The van der Waals surface area contributed by atoms with Crippen LogP contribution >= 0.6 is 0 Å². The standard InChI is InChI=1S/C21H24F3N3O/c1-12(7-6-8-13(2)21(22,23)24)20(5)14-11-25-27-18(14)26-15-9-19(3,4)10-16(28)17(15)20/h6-8,11H,1,9-10H2,2-5H3,(H2,25,26,27)/b7-6-,13-8+/t20-/m0/s1. The third kappa shape index (κ3) is 3.34. The fraction of sp³-hybridized carbons (Fsp3) is 0.429. The first-order valence-corrected chi connectivity index (χ1v) is 9.06. The summed E-state index contributed by atoms with van der Waals surface area (Å²) in [5, 5.41) is 10.3. The number of aromatic nitrogens is 2. The van der Waals surface area contributed by atoms with Crippen LogP contribution in [0.25, 0.3) is 0 Å². The summed E-state index contributed by atoms with van der Waals surface area (Å²) in [4.78, 5) is 13.1. The maximum Gasteiger partial charge on any atom is 0.412 e. The second kappa shape index (κ2) is 6.50. The molecule has 3 rings (SSSR count). The molecule has 0 radical (unpaired) electrons. The Hall–Kier alpha value is -2.57. The average Bonchev–Trinajstić information content (AvgIpc) is 3.00. The van der Waals surface area contributed by atoms with Crippen LogP contribution in [0.5, 0.6) is 0 Å². The van der Waals surface area contributed by atoms with Crippen molar-refractivity contribution in [1.29, 1.82) is 0 Å². The van der Waals surface area contributed by atoms with Gasteiger partial charge >= 0.3 is 6.18 Å². The summed E-state index contributed by atoms with van der Waals surface area (Å²) in [7, 11) is 0. The molecule has 0 saturated heterocycles. The van der Waals surface area contributed by atoms with Gasteiger partial charge < -0.3 is 5.32 Å². The van der Waals surface area contributed by atoms with Crippen molar-refractivity contribution in [3.8, 4) is 0 Å². The van der Waals surface area contributed by atoms with Crippen LogP contribution in [-0.2, 0) is 10.2 Å². The molecular weight excluding hydrogens is 367 g/mol. The lowest BCUT2D eigenvalue weighted by molar-refractivity contribution is -0.118. The topological polar surface area (TPSA) is 57.8 Å². The number of carbonyl (C=O) groups excluding carboxylic acids is 1. The van der Waals surface area contributed by atoms with Crippen molar-refractivity contribution in [2.75, 3.05) is 5.32 Å². The van der Waals surface area contributed by atoms with E-state index in [9.17, 15) is 18.0 Å². The van der Waals surface area contributed by atoms with Crippen molar-refractivity contribution in [1.82, 2.24) is 10.2 Å². The van der Waals surface area contributed by atoms with Gasteiger partial charge in [0.05, 0.1) is 5.41 Å². The number of hydrogen-bond donors (Lipinski definition) is 2. The van der Waals surface area contributed by atoms with Crippen LogP contribution in [0.4, 0.5) is 19.0 Å². The molecule has 1 atom stereocenters. The van der Waals surface area contributed by atoms with Crippen LogP contribution in [0.2, 0.25) is 0 Å². The van der Waals surface area contributed by atoms with Gasteiger partial charge in [0.25, 0.3) is 0 Å². The van der Waals surface area contributed by atoms with Gasteiger partial charge in [-0.25, -0.2) is 0 Å². The molecule has 4 nitrogen and oxygen atoms in total. The molecule has 2 heterocycles. The zero-order valence-corrected chi connectivity index (χ0v) is 16.4. The maximum absolute atomic E-state index is 13.1. The van der Waals surface area contributed by atoms with Crippen molar-refractivity contribution < 1.29 is 18.0 Å². The highest BCUT2D eigenvalue weighted by Gasteiger charge is 2.48. The highest BCUT2D eigenvalue weighted by Crippen LogP contribution is 2.51. The van der Waals surface area contributed by atoms with Crippen LogP contribution in [-0.4, -0.2) is 22.2 Å². The molecule has 0 unspecified atom stereocenters. The Morgan fingerprint density at radius 2 is 1.96 bits per heavy atom. The number of rotatable bonds is 3. The number of Topliss-reactive ketones (excluding diaryl/α,β-unsaturated/α-hetero) is 1. The summed E-state index contributed by atoms with van der Waals surface area (Å²) >= 11 is 0. The van der Waals surface area contributed by atoms with E-state index in [1.165, 1.54) is 12.2 Å². The van der Waals surface area contributed by atoms with Gasteiger partial charge in [-0.05, 0) is 31.3 Å². The predicted molar refractivity (Wildman–Crippen MR) is 103 cm³/mol. The predicted octanol–water partition coefficient (Wildman–Crippen LogP) is 5.36. The Morgan fingerprint density at radius 3 is 2.61 bits per heavy atom. The van der Waals surface area contributed by atoms with Crippen LogP contribution in [0.3, 0.4) is 0 Å². The van der Waals surface area contributed by atoms with Crippen molar-refractivity contribution in [2.45, 2.75) is 52.1 Å². The van der Waals surface area contributed by atoms with Crippen molar-refractivity contribution in [3.05, 3.63) is 59.0 Å². The molecule has 0 aromatic carbocycles. The molecule has 0 spiro atoms. The van der Waals surface area contributed by atoms with Crippen LogP contribution in [0.1, 0.15) is 46.1 Å². The molecular formula is C21H24F3N3O. The minimum absolute atomic E-state index is 0.0182. The largest absolute Gasteiger partial charge is 0.412 e. The van der Waals surface area contributed by atoms with E-state index < -0.39 is 17.2 Å². The Morgan fingerprint density at radius 1 is 1.29 bits per heavy atom. The molecule has 2 aliphatic rings. The van der Waals surface area contributed by atoms with E-state index in [1.54, 1.807) is 6.20 Å². The lowest BCUT2D eigenvalue weighted by Gasteiger charge is -2.43. The normalized spacial score (nSPS) is 24.8. The smallest absolute Gasteiger partial charge is 0.342 e. The van der Waals surface area contributed by atoms with Crippen LogP contribution < -0.4 is 5.32 Å². The SMILES string of the molecule is C=C(/C=C\C=C(/C)C(F)(F)F)[C@]1(C)C2=C(CC(C)(C)CC2=O)Nc2n[nH]cc21. The number of allylic oxidation sites excluding steroid dienone is 7. The molecule has 2 N–H and O–H groups in total. The number of fused-ring (bicyclic) bond motifs is 1. The minimum atomic E-state index is -4.37. The molecule has 1 aromatic heterocycles. The lowest BCUT2D eigenvalue weighted by atomic mass is 9.62. The second-order valence-corrected chi connectivity index (χ2v) is 8.42. The van der Waals surface area contributed by atoms with Crippen molar-refractivity contribution >= 4 is 11.6 Å². The summed E-state index contributed by atoms with van der Waals surface area (Å²) < 4.78 is 38.1. The Labute approximate surface area is 162 Å². The van der Waals surface area contributed by atoms with Gasteiger partial charge in [0.15, 0.2) is 11.6 Å². The first kappa shape index (κ1) is 20.2. The van der Waals surface area contributed by atoms with E-state index in [1.807, 2.05) is 20.8 Å². The van der Waals surface area contributed by atoms with Crippen LogP contribution in [0.15, 0.2) is 53.4 Å². The number of aromatic amines is 1. The van der Waals surface area contributed by atoms with E-state index >= 15 is 0 Å². The maximum atomic E-state index is 13.1. The Kier molecular flexibility index (Phi) is 4.68. The van der Waals surface area contributed by atoms with Gasteiger partial charge in [-0.2, -0.15) is 18.3 Å². The Bertz CT molecular complexity index is 931. The lowest BCUT2D eigenvalue weighted by Crippen LogP contribution is -2.41. The molecule has 28 heavy (non-hydrogen) atoms. The minimum Gasteiger partial charge on any atom is -0.342 e. The van der Waals surface area contributed by atoms with Gasteiger partial charge in [-0.1, -0.05) is 38.7 Å². The molecule has 1 aliphatic heterocycles. The van der Waals surface area contributed by atoms with Gasteiger partial charge in [0.1, 0.15) is 0 Å². The molecule has 0 fully saturated rings. The van der Waals surface area contributed by atoms with Gasteiger partial charge in [-0.3, -0.25) is 9.89 Å². The molecule has 1 aliphatic carbocycles. The number of anilines is 1. The number of alkyl halides is 3. The number of nitrogens with zero attached hydrogens (tertiary/aromatic N) is 1. The fourth-order valence-electron chi connectivity index (χ4n) is 3.96. The van der Waals surface area contributed by atoms with Crippen molar-refractivity contribution in [2.24, 2.45) is 5.41 Å². The quantitative estimate of drug-likeness (QED) is 0.682. The number of nitrogens with one attached hydrogen (secondary N) is 2. The van der Waals surface area contributed by atoms with Crippen molar-refractivity contribution in [3.63, 3.8) is 0 Å². The third-order valence-electron chi connectivity index (χ3n) is 5.56. The molecule has 1 aromatic rings. The zero-order chi connectivity index (χ0) is 20.9. The summed E-state index contributed by atoms with van der Waals surface area (Å²) in [5.41, 5.74) is 0.959. The van der Waals surface area contributed by atoms with Gasteiger partial charge in [-0.15, -0.1) is 0 Å². The zero-order valence-electron chi connectivity index (χ0n) is 16.4. The highest BCUT2D eigenvalue weighted by molar-refractivity contribution is 6.02. The first-order valence-electron chi connectivity index (χ1n) is 9.06. The van der Waals surface area contributed by atoms with Gasteiger partial charge in [0, 0.05) is 35.0 Å². The number of ketones is 1. The van der Waals surface area contributed by atoms with Crippen LogP contribution in [0, 0.1) is 5.41 Å². The third-order valence-corrected chi connectivity index (χ3v) is 5.56. The molecule has 0 amide bonds. The second-order valence-electron chi connectivity index (χ2n) is 8.42. The number of carbonyl (C=O) groups is 1. The summed E-state index contributed by atoms with van der Waals surface area (Å²) in [6, 6.07) is 0. The summed E-state index contributed by atoms with van der Waals surface area (Å²) in [6.45, 7) is 11.1. The summed E-state index contributed by atoms with van der Waals surface area (Å²) in [5.74, 6) is 0.632. The number of halogens is 3. The average molecular weight is 391 g/mol. The van der Waals surface area contributed by atoms with Gasteiger partial charge in [0.2, 0.25) is 0 Å². The monoisotopic (exact) mass is 391 g/mol. The Balaban J connectivity index is 2.05. The molecule has 7 heteroatoms. The van der Waals surface area contributed by atoms with E-state index in [0.29, 0.717) is 29.8 Å².